The number of carbonyl (C=O) groups is 1. The molecule has 0 aliphatic heterocycles. The highest BCUT2D eigenvalue weighted by molar-refractivity contribution is 6.02. The molecule has 0 atom stereocenters. The summed E-state index contributed by atoms with van der Waals surface area (Å²) in [7, 11) is 4.06. The second-order valence-corrected chi connectivity index (χ2v) is 6.54. The minimum Gasteiger partial charge on any atom is -0.378 e. The van der Waals surface area contributed by atoms with Gasteiger partial charge in [-0.15, -0.1) is 0 Å². The molecule has 1 aromatic heterocycles. The summed E-state index contributed by atoms with van der Waals surface area (Å²) in [6.45, 7) is 0. The van der Waals surface area contributed by atoms with E-state index in [-0.39, 0.29) is 11.8 Å². The van der Waals surface area contributed by atoms with Gasteiger partial charge < -0.3 is 10.2 Å². The minimum atomic E-state index is 0.0757. The highest BCUT2D eigenvalue weighted by Gasteiger charge is 2.30. The average molecular weight is 320 g/mol. The van der Waals surface area contributed by atoms with Gasteiger partial charge in [-0.3, -0.25) is 9.89 Å². The Morgan fingerprint density at radius 2 is 1.83 bits per heavy atom. The number of fused-ring (bicyclic) bond motifs is 1. The van der Waals surface area contributed by atoms with E-state index in [1.807, 2.05) is 20.2 Å². The van der Waals surface area contributed by atoms with Crippen LogP contribution in [0.4, 0.5) is 11.5 Å². The molecule has 4 rings (SSSR count). The molecule has 1 saturated carbocycles. The molecule has 0 saturated heterocycles. The van der Waals surface area contributed by atoms with E-state index in [2.05, 4.69) is 56.8 Å². The van der Waals surface area contributed by atoms with Crippen molar-refractivity contribution in [3.63, 3.8) is 0 Å². The quantitative estimate of drug-likeness (QED) is 0.771. The van der Waals surface area contributed by atoms with Crippen molar-refractivity contribution in [2.75, 3.05) is 24.3 Å². The zero-order chi connectivity index (χ0) is 16.7. The second-order valence-electron chi connectivity index (χ2n) is 6.54. The molecule has 122 valence electrons. The van der Waals surface area contributed by atoms with Gasteiger partial charge in [-0.2, -0.15) is 5.10 Å². The van der Waals surface area contributed by atoms with Crippen LogP contribution in [-0.2, 0) is 4.79 Å². The Hall–Kier alpha value is -2.82. The maximum atomic E-state index is 11.9. The molecule has 0 unspecified atom stereocenters. The number of aromatic amines is 1. The maximum Gasteiger partial charge on any atom is 0.228 e. The number of anilines is 2. The van der Waals surface area contributed by atoms with Crippen LogP contribution < -0.4 is 10.2 Å². The number of amides is 1. The zero-order valence-corrected chi connectivity index (χ0v) is 13.8. The monoisotopic (exact) mass is 320 g/mol. The van der Waals surface area contributed by atoms with Gasteiger partial charge in [-0.1, -0.05) is 18.2 Å². The highest BCUT2D eigenvalue weighted by atomic mass is 16.2. The molecular formula is C19H20N4O. The van der Waals surface area contributed by atoms with E-state index < -0.39 is 0 Å². The molecule has 5 heteroatoms. The van der Waals surface area contributed by atoms with E-state index in [1.165, 1.54) is 5.69 Å². The summed E-state index contributed by atoms with van der Waals surface area (Å²) in [6, 6.07) is 14.6. The van der Waals surface area contributed by atoms with Crippen LogP contribution in [0, 0.1) is 5.92 Å². The van der Waals surface area contributed by atoms with Gasteiger partial charge in [0.1, 0.15) is 0 Å². The Kier molecular flexibility index (Phi) is 3.49. The van der Waals surface area contributed by atoms with Gasteiger partial charge in [-0.05, 0) is 48.2 Å². The van der Waals surface area contributed by atoms with Gasteiger partial charge in [0.2, 0.25) is 5.91 Å². The van der Waals surface area contributed by atoms with E-state index in [0.717, 1.165) is 34.9 Å². The third-order valence-corrected chi connectivity index (χ3v) is 4.47. The van der Waals surface area contributed by atoms with Gasteiger partial charge in [0.25, 0.3) is 0 Å². The topological polar surface area (TPSA) is 61.0 Å². The smallest absolute Gasteiger partial charge is 0.228 e. The molecule has 5 nitrogen and oxygen atoms in total. The SMILES string of the molecule is CN(C)c1ccc(-c2ccc3c(NC(=O)C4CC4)n[nH]c3c2)cc1. The molecule has 0 radical (unpaired) electrons. The summed E-state index contributed by atoms with van der Waals surface area (Å²) < 4.78 is 0. The normalized spacial score (nSPS) is 13.9. The predicted molar refractivity (Wildman–Crippen MR) is 97.2 cm³/mol. The molecule has 0 bridgehead atoms. The number of nitrogens with one attached hydrogen (secondary N) is 2. The van der Waals surface area contributed by atoms with Crippen molar-refractivity contribution in [2.45, 2.75) is 12.8 Å². The Labute approximate surface area is 140 Å². The Balaban J connectivity index is 1.62. The first-order chi connectivity index (χ1) is 11.6. The number of hydrogen-bond acceptors (Lipinski definition) is 3. The van der Waals surface area contributed by atoms with E-state index in [1.54, 1.807) is 0 Å². The van der Waals surface area contributed by atoms with Crippen molar-refractivity contribution in [1.29, 1.82) is 0 Å². The molecule has 24 heavy (non-hydrogen) atoms. The van der Waals surface area contributed by atoms with Crippen molar-refractivity contribution in [3.8, 4) is 11.1 Å². The van der Waals surface area contributed by atoms with E-state index >= 15 is 0 Å². The third-order valence-electron chi connectivity index (χ3n) is 4.47. The Morgan fingerprint density at radius 3 is 2.50 bits per heavy atom. The lowest BCUT2D eigenvalue weighted by Crippen LogP contribution is -2.13. The summed E-state index contributed by atoms with van der Waals surface area (Å²) in [4.78, 5) is 14.0. The number of benzene rings is 2. The molecule has 2 N–H and O–H groups in total. The largest absolute Gasteiger partial charge is 0.378 e. The Bertz CT molecular complexity index is 891. The predicted octanol–water partition coefficient (Wildman–Crippen LogP) is 3.64. The first-order valence-electron chi connectivity index (χ1n) is 8.18. The summed E-state index contributed by atoms with van der Waals surface area (Å²) >= 11 is 0. The fraction of sp³-hybridized carbons (Fsp3) is 0.263. The van der Waals surface area contributed by atoms with E-state index in [0.29, 0.717) is 5.82 Å². The van der Waals surface area contributed by atoms with Crippen molar-refractivity contribution in [3.05, 3.63) is 42.5 Å². The minimum absolute atomic E-state index is 0.0757. The van der Waals surface area contributed by atoms with Crippen molar-refractivity contribution >= 4 is 28.3 Å². The third kappa shape index (κ3) is 2.73. The van der Waals surface area contributed by atoms with Crippen LogP contribution in [-0.4, -0.2) is 30.2 Å². The van der Waals surface area contributed by atoms with Crippen LogP contribution in [0.15, 0.2) is 42.5 Å². The summed E-state index contributed by atoms with van der Waals surface area (Å²) in [5, 5.41) is 11.1. The summed E-state index contributed by atoms with van der Waals surface area (Å²) in [5.74, 6) is 0.870. The van der Waals surface area contributed by atoms with Gasteiger partial charge in [0.05, 0.1) is 5.52 Å². The van der Waals surface area contributed by atoms with Gasteiger partial charge in [0.15, 0.2) is 5.82 Å². The number of carbonyl (C=O) groups excluding carboxylic acids is 1. The van der Waals surface area contributed by atoms with Crippen molar-refractivity contribution in [1.82, 2.24) is 10.2 Å². The highest BCUT2D eigenvalue weighted by Crippen LogP contribution is 2.32. The fourth-order valence-corrected chi connectivity index (χ4v) is 2.81. The lowest BCUT2D eigenvalue weighted by molar-refractivity contribution is -0.117. The molecule has 1 heterocycles. The molecule has 3 aromatic rings. The lowest BCUT2D eigenvalue weighted by Gasteiger charge is -2.12. The van der Waals surface area contributed by atoms with Crippen LogP contribution >= 0.6 is 0 Å². The number of aromatic nitrogens is 2. The average Bonchev–Trinajstić information content (AvgIpc) is 3.37. The Morgan fingerprint density at radius 1 is 1.12 bits per heavy atom. The lowest BCUT2D eigenvalue weighted by atomic mass is 10.0. The first kappa shape index (κ1) is 14.8. The number of rotatable bonds is 4. The molecule has 0 spiro atoms. The second kappa shape index (κ2) is 5.67. The molecule has 1 aliphatic carbocycles. The number of nitrogens with zero attached hydrogens (tertiary/aromatic N) is 2. The fourth-order valence-electron chi connectivity index (χ4n) is 2.81. The standard InChI is InChI=1S/C19H20N4O/c1-23(2)15-8-5-12(6-9-15)14-7-10-16-17(11-14)21-22-18(16)20-19(24)13-3-4-13/h5-11,13H,3-4H2,1-2H3,(H2,20,21,22,24). The zero-order valence-electron chi connectivity index (χ0n) is 13.8. The van der Waals surface area contributed by atoms with Crippen LogP contribution in [0.2, 0.25) is 0 Å². The molecule has 1 fully saturated rings. The number of H-pyrrole nitrogens is 1. The first-order valence-corrected chi connectivity index (χ1v) is 8.18. The van der Waals surface area contributed by atoms with Crippen molar-refractivity contribution in [2.24, 2.45) is 5.92 Å². The van der Waals surface area contributed by atoms with Crippen molar-refractivity contribution < 1.29 is 4.79 Å². The molecule has 1 aliphatic rings. The number of hydrogen-bond donors (Lipinski definition) is 2. The van der Waals surface area contributed by atoms with Gasteiger partial charge in [0, 0.05) is 31.1 Å². The van der Waals surface area contributed by atoms with Crippen LogP contribution in [0.1, 0.15) is 12.8 Å². The molecule has 2 aromatic carbocycles. The van der Waals surface area contributed by atoms with Crippen LogP contribution in [0.3, 0.4) is 0 Å². The summed E-state index contributed by atoms with van der Waals surface area (Å²) in [5.41, 5.74) is 4.37. The van der Waals surface area contributed by atoms with Gasteiger partial charge >= 0.3 is 0 Å². The van der Waals surface area contributed by atoms with Crippen LogP contribution in [0.25, 0.3) is 22.0 Å². The summed E-state index contributed by atoms with van der Waals surface area (Å²) in [6.07, 6.45) is 1.97. The molecule has 1 amide bonds. The van der Waals surface area contributed by atoms with Crippen LogP contribution in [0.5, 0.6) is 0 Å². The maximum absolute atomic E-state index is 11.9. The van der Waals surface area contributed by atoms with Gasteiger partial charge in [-0.25, -0.2) is 0 Å². The molecular weight excluding hydrogens is 300 g/mol. The van der Waals surface area contributed by atoms with E-state index in [4.69, 9.17) is 0 Å². The van der Waals surface area contributed by atoms with E-state index in [9.17, 15) is 4.79 Å².